The Balaban J connectivity index is 1.69. The van der Waals surface area contributed by atoms with Crippen LogP contribution in [0, 0.1) is 6.92 Å². The highest BCUT2D eigenvalue weighted by atomic mass is 16.5. The van der Waals surface area contributed by atoms with E-state index in [1.165, 1.54) is 6.08 Å². The van der Waals surface area contributed by atoms with E-state index in [4.69, 9.17) is 4.74 Å². The lowest BCUT2D eigenvalue weighted by atomic mass is 10.2. The molecule has 22 heavy (non-hydrogen) atoms. The van der Waals surface area contributed by atoms with Crippen LogP contribution in [0.4, 0.5) is 5.69 Å². The standard InChI is InChI=1S/C18H16N2O2/c1-13-7-9-15(10-8-13)19-17(21)11-16-12-22-18(20-16)14-5-3-2-4-6-14/h2-11H,12H2,1H3,(H,19,21)/b16-11-. The summed E-state index contributed by atoms with van der Waals surface area (Å²) < 4.78 is 5.52. The maximum absolute atomic E-state index is 12.0. The first-order valence-corrected chi connectivity index (χ1v) is 7.06. The fraction of sp³-hybridized carbons (Fsp3) is 0.111. The van der Waals surface area contributed by atoms with Gasteiger partial charge in [0.1, 0.15) is 6.61 Å². The number of nitrogens with zero attached hydrogens (tertiary/aromatic N) is 1. The van der Waals surface area contributed by atoms with Gasteiger partial charge in [-0.05, 0) is 31.2 Å². The van der Waals surface area contributed by atoms with Crippen LogP contribution in [0.3, 0.4) is 0 Å². The van der Waals surface area contributed by atoms with Crippen molar-refractivity contribution in [1.29, 1.82) is 0 Å². The molecule has 0 saturated carbocycles. The SMILES string of the molecule is Cc1ccc(NC(=O)/C=C2/COC(c3ccccc3)=N2)cc1. The predicted octanol–water partition coefficient (Wildman–Crippen LogP) is 3.29. The molecule has 2 aromatic rings. The number of amides is 1. The lowest BCUT2D eigenvalue weighted by molar-refractivity contribution is -0.112. The molecule has 0 aromatic heterocycles. The van der Waals surface area contributed by atoms with Crippen molar-refractivity contribution in [1.82, 2.24) is 0 Å². The second-order valence-corrected chi connectivity index (χ2v) is 5.06. The number of carbonyl (C=O) groups is 1. The van der Waals surface area contributed by atoms with Crippen LogP contribution in [0.1, 0.15) is 11.1 Å². The van der Waals surface area contributed by atoms with Gasteiger partial charge in [-0.3, -0.25) is 4.79 Å². The zero-order valence-electron chi connectivity index (χ0n) is 12.2. The smallest absolute Gasteiger partial charge is 0.250 e. The van der Waals surface area contributed by atoms with E-state index in [1.54, 1.807) is 0 Å². The van der Waals surface area contributed by atoms with Crippen molar-refractivity contribution in [2.24, 2.45) is 4.99 Å². The van der Waals surface area contributed by atoms with E-state index in [1.807, 2.05) is 61.5 Å². The third kappa shape index (κ3) is 3.41. The van der Waals surface area contributed by atoms with Gasteiger partial charge >= 0.3 is 0 Å². The van der Waals surface area contributed by atoms with Crippen LogP contribution in [-0.2, 0) is 9.53 Å². The first-order chi connectivity index (χ1) is 10.7. The number of aliphatic imine (C=N–C) groups is 1. The average molecular weight is 292 g/mol. The molecular formula is C18H16N2O2. The summed E-state index contributed by atoms with van der Waals surface area (Å²) in [6, 6.07) is 17.3. The topological polar surface area (TPSA) is 50.7 Å². The molecule has 110 valence electrons. The van der Waals surface area contributed by atoms with Gasteiger partial charge in [0.15, 0.2) is 0 Å². The molecule has 0 bridgehead atoms. The van der Waals surface area contributed by atoms with Gasteiger partial charge in [0.05, 0.1) is 5.70 Å². The number of carbonyl (C=O) groups excluding carboxylic acids is 1. The minimum Gasteiger partial charge on any atom is -0.471 e. The van der Waals surface area contributed by atoms with E-state index >= 15 is 0 Å². The first-order valence-electron chi connectivity index (χ1n) is 7.06. The molecule has 1 N–H and O–H groups in total. The second kappa shape index (κ2) is 6.26. The Labute approximate surface area is 129 Å². The van der Waals surface area contributed by atoms with Crippen molar-refractivity contribution >= 4 is 17.5 Å². The number of hydrogen-bond donors (Lipinski definition) is 1. The van der Waals surface area contributed by atoms with E-state index in [9.17, 15) is 4.79 Å². The predicted molar refractivity (Wildman–Crippen MR) is 86.8 cm³/mol. The van der Waals surface area contributed by atoms with Gasteiger partial charge in [-0.1, -0.05) is 35.9 Å². The third-order valence-corrected chi connectivity index (χ3v) is 3.24. The van der Waals surface area contributed by atoms with E-state index < -0.39 is 0 Å². The summed E-state index contributed by atoms with van der Waals surface area (Å²) in [6.45, 7) is 2.31. The molecule has 0 fully saturated rings. The number of anilines is 1. The van der Waals surface area contributed by atoms with Crippen LogP contribution in [0.15, 0.2) is 71.4 Å². The second-order valence-electron chi connectivity index (χ2n) is 5.06. The molecule has 2 aromatic carbocycles. The fourth-order valence-corrected chi connectivity index (χ4v) is 2.11. The maximum Gasteiger partial charge on any atom is 0.250 e. The van der Waals surface area contributed by atoms with Gasteiger partial charge in [0.2, 0.25) is 11.8 Å². The number of hydrogen-bond acceptors (Lipinski definition) is 3. The van der Waals surface area contributed by atoms with E-state index in [0.29, 0.717) is 18.2 Å². The minimum atomic E-state index is -0.208. The largest absolute Gasteiger partial charge is 0.471 e. The summed E-state index contributed by atoms with van der Waals surface area (Å²) in [5.41, 5.74) is 3.43. The molecule has 4 nitrogen and oxygen atoms in total. The number of benzene rings is 2. The first kappa shape index (κ1) is 14.1. The Hall–Kier alpha value is -2.88. The number of rotatable bonds is 3. The summed E-state index contributed by atoms with van der Waals surface area (Å²) in [5, 5.41) is 2.81. The van der Waals surface area contributed by atoms with Gasteiger partial charge in [0.25, 0.3) is 0 Å². The van der Waals surface area contributed by atoms with Crippen LogP contribution in [0.25, 0.3) is 0 Å². The molecule has 0 saturated heterocycles. The van der Waals surface area contributed by atoms with Crippen LogP contribution < -0.4 is 5.32 Å². The van der Waals surface area contributed by atoms with Crippen LogP contribution in [0.2, 0.25) is 0 Å². The zero-order chi connectivity index (χ0) is 15.4. The molecule has 3 rings (SSSR count). The molecule has 0 spiro atoms. The summed E-state index contributed by atoms with van der Waals surface area (Å²) >= 11 is 0. The van der Waals surface area contributed by atoms with Crippen molar-refractivity contribution in [3.8, 4) is 0 Å². The Kier molecular flexibility index (Phi) is 4.01. The summed E-state index contributed by atoms with van der Waals surface area (Å²) in [4.78, 5) is 16.3. The van der Waals surface area contributed by atoms with E-state index in [-0.39, 0.29) is 5.91 Å². The van der Waals surface area contributed by atoms with Crippen LogP contribution in [0.5, 0.6) is 0 Å². The highest BCUT2D eigenvalue weighted by molar-refractivity contribution is 6.01. The molecule has 1 aliphatic rings. The van der Waals surface area contributed by atoms with Gasteiger partial charge in [-0.25, -0.2) is 4.99 Å². The summed E-state index contributed by atoms with van der Waals surface area (Å²) in [6.07, 6.45) is 1.47. The number of ether oxygens (including phenoxy) is 1. The van der Waals surface area contributed by atoms with Crippen molar-refractivity contribution < 1.29 is 9.53 Å². The lowest BCUT2D eigenvalue weighted by Crippen LogP contribution is -2.09. The molecular weight excluding hydrogens is 276 g/mol. The van der Waals surface area contributed by atoms with Gasteiger partial charge in [0, 0.05) is 17.3 Å². The van der Waals surface area contributed by atoms with Gasteiger partial charge < -0.3 is 10.1 Å². The Bertz CT molecular complexity index is 731. The zero-order valence-corrected chi connectivity index (χ0v) is 12.2. The maximum atomic E-state index is 12.0. The average Bonchev–Trinajstić information content (AvgIpc) is 2.99. The molecule has 0 atom stereocenters. The molecule has 4 heteroatoms. The lowest BCUT2D eigenvalue weighted by Gasteiger charge is -2.02. The van der Waals surface area contributed by atoms with Crippen molar-refractivity contribution in [2.45, 2.75) is 6.92 Å². The summed E-state index contributed by atoms with van der Waals surface area (Å²) in [7, 11) is 0. The van der Waals surface area contributed by atoms with E-state index in [0.717, 1.165) is 16.8 Å². The highest BCUT2D eigenvalue weighted by Crippen LogP contribution is 2.15. The molecule has 0 radical (unpaired) electrons. The number of nitrogens with one attached hydrogen (secondary N) is 1. The Morgan fingerprint density at radius 2 is 1.86 bits per heavy atom. The Morgan fingerprint density at radius 1 is 1.14 bits per heavy atom. The third-order valence-electron chi connectivity index (χ3n) is 3.24. The normalized spacial score (nSPS) is 15.3. The molecule has 0 aliphatic carbocycles. The van der Waals surface area contributed by atoms with Crippen molar-refractivity contribution in [3.05, 3.63) is 77.5 Å². The molecule has 1 aliphatic heterocycles. The summed E-state index contributed by atoms with van der Waals surface area (Å²) in [5.74, 6) is 0.343. The Morgan fingerprint density at radius 3 is 2.59 bits per heavy atom. The number of aryl methyl sites for hydroxylation is 1. The fourth-order valence-electron chi connectivity index (χ4n) is 2.11. The molecule has 1 amide bonds. The van der Waals surface area contributed by atoms with Gasteiger partial charge in [-0.15, -0.1) is 0 Å². The molecule has 0 unspecified atom stereocenters. The van der Waals surface area contributed by atoms with Crippen LogP contribution >= 0.6 is 0 Å². The minimum absolute atomic E-state index is 0.208. The van der Waals surface area contributed by atoms with E-state index in [2.05, 4.69) is 10.3 Å². The van der Waals surface area contributed by atoms with Crippen LogP contribution in [-0.4, -0.2) is 18.4 Å². The van der Waals surface area contributed by atoms with Gasteiger partial charge in [-0.2, -0.15) is 0 Å². The quantitative estimate of drug-likeness (QED) is 0.882. The highest BCUT2D eigenvalue weighted by Gasteiger charge is 2.15. The van der Waals surface area contributed by atoms with Crippen molar-refractivity contribution in [3.63, 3.8) is 0 Å². The monoisotopic (exact) mass is 292 g/mol. The van der Waals surface area contributed by atoms with Crippen molar-refractivity contribution in [2.75, 3.05) is 11.9 Å². The molecule has 1 heterocycles.